The highest BCUT2D eigenvalue weighted by Gasteiger charge is 2.41. The largest absolute Gasteiger partial charge is 0.482 e. The molecule has 33 heavy (non-hydrogen) atoms. The number of aliphatic hydroxyl groups excluding tert-OH is 1. The van der Waals surface area contributed by atoms with Gasteiger partial charge in [-0.05, 0) is 49.2 Å². The average Bonchev–Trinajstić information content (AvgIpc) is 2.73. The minimum absolute atomic E-state index is 0.00595. The molecule has 1 amide bonds. The van der Waals surface area contributed by atoms with Gasteiger partial charge in [-0.2, -0.15) is 0 Å². The van der Waals surface area contributed by atoms with E-state index in [1.807, 2.05) is 38.1 Å². The number of benzene rings is 2. The number of hydrogen-bond donors (Lipinski definition) is 3. The topological polar surface area (TPSA) is 105 Å². The normalized spacial score (nSPS) is 22.6. The van der Waals surface area contributed by atoms with E-state index in [0.717, 1.165) is 15.6 Å². The van der Waals surface area contributed by atoms with Crippen LogP contribution in [0.5, 0.6) is 5.75 Å². The smallest absolute Gasteiger partial charge is 0.341 e. The van der Waals surface area contributed by atoms with Gasteiger partial charge < -0.3 is 25.0 Å². The van der Waals surface area contributed by atoms with Gasteiger partial charge in [0.2, 0.25) is 5.91 Å². The molecule has 3 N–H and O–H groups in total. The van der Waals surface area contributed by atoms with Crippen molar-refractivity contribution in [2.75, 3.05) is 13.2 Å². The molecule has 1 heterocycles. The van der Waals surface area contributed by atoms with E-state index < -0.39 is 24.2 Å². The van der Waals surface area contributed by atoms with Crippen LogP contribution in [0.3, 0.4) is 0 Å². The fourth-order valence-corrected chi connectivity index (χ4v) is 4.63. The molecule has 0 spiro atoms. The van der Waals surface area contributed by atoms with E-state index >= 15 is 0 Å². The second-order valence-electron chi connectivity index (χ2n) is 8.48. The molecule has 0 aromatic heterocycles. The summed E-state index contributed by atoms with van der Waals surface area (Å²) in [6.07, 6.45) is 0.0584. The molecular weight excluding hydrogens is 514 g/mol. The summed E-state index contributed by atoms with van der Waals surface area (Å²) >= 11 is 9.76. The number of carboxylic acids is 1. The van der Waals surface area contributed by atoms with Crippen LogP contribution in [0.4, 0.5) is 0 Å². The van der Waals surface area contributed by atoms with Crippen LogP contribution < -0.4 is 10.1 Å². The maximum Gasteiger partial charge on any atom is 0.341 e. The van der Waals surface area contributed by atoms with E-state index in [2.05, 4.69) is 21.2 Å². The molecule has 1 fully saturated rings. The number of carbonyl (C=O) groups excluding carboxylic acids is 1. The fourth-order valence-electron chi connectivity index (χ4n) is 4.07. The molecule has 0 aliphatic carbocycles. The third-order valence-corrected chi connectivity index (χ3v) is 6.68. The molecule has 0 unspecified atom stereocenters. The molecule has 0 radical (unpaired) electrons. The number of carboxylic acid groups (broad SMARTS) is 1. The molecule has 2 aromatic carbocycles. The zero-order valence-corrected chi connectivity index (χ0v) is 20.8. The molecule has 3 atom stereocenters. The van der Waals surface area contributed by atoms with Gasteiger partial charge in [0.15, 0.2) is 6.61 Å². The monoisotopic (exact) mass is 539 g/mol. The Balaban J connectivity index is 2.01. The van der Waals surface area contributed by atoms with E-state index in [1.54, 1.807) is 12.1 Å². The minimum Gasteiger partial charge on any atom is -0.482 e. The van der Waals surface area contributed by atoms with Crippen molar-refractivity contribution in [3.05, 3.63) is 62.6 Å². The number of aryl methyl sites for hydroxylation is 1. The number of rotatable bonds is 8. The lowest BCUT2D eigenvalue weighted by Gasteiger charge is -2.43. The fraction of sp³-hybridized carbons (Fsp3) is 0.417. The summed E-state index contributed by atoms with van der Waals surface area (Å²) in [6.45, 7) is 3.11. The number of halogens is 2. The van der Waals surface area contributed by atoms with E-state index in [1.165, 1.54) is 0 Å². The summed E-state index contributed by atoms with van der Waals surface area (Å²) in [7, 11) is 0. The molecule has 1 aliphatic rings. The van der Waals surface area contributed by atoms with Gasteiger partial charge in [-0.3, -0.25) is 4.79 Å². The van der Waals surface area contributed by atoms with E-state index in [0.29, 0.717) is 29.2 Å². The number of aliphatic carboxylic acids is 1. The SMILES string of the molecule is Cc1cc(OCC(=O)O)c([C@H]2C[C@](C)(NC(=O)CCO)C[C@@H](c3cccc(Cl)c3)O2)cc1Br. The lowest BCUT2D eigenvalue weighted by Crippen LogP contribution is -2.51. The molecule has 2 aromatic rings. The standard InChI is InChI=1S/C24H27BrClNO6/c1-14-8-19(32-13-23(30)31)17(10-18(14)25)21-12-24(2,27-22(29)6-7-28)11-20(33-21)15-4-3-5-16(26)9-15/h3-5,8-10,20-21,28H,6-7,11-13H2,1-2H3,(H,27,29)(H,30,31)/t20-,21+,24+/m0/s1. The number of carbonyl (C=O) groups is 2. The summed E-state index contributed by atoms with van der Waals surface area (Å²) < 4.78 is 12.9. The third-order valence-electron chi connectivity index (χ3n) is 5.59. The Morgan fingerprint density at radius 1 is 1.27 bits per heavy atom. The molecule has 0 bridgehead atoms. The van der Waals surface area contributed by atoms with E-state index in [9.17, 15) is 9.59 Å². The summed E-state index contributed by atoms with van der Waals surface area (Å²) in [5, 5.41) is 21.9. The highest BCUT2D eigenvalue weighted by molar-refractivity contribution is 9.10. The van der Waals surface area contributed by atoms with Crippen molar-refractivity contribution in [1.82, 2.24) is 5.32 Å². The van der Waals surface area contributed by atoms with Crippen molar-refractivity contribution in [3.8, 4) is 5.75 Å². The first kappa shape index (κ1) is 25.5. The maximum absolute atomic E-state index is 12.4. The van der Waals surface area contributed by atoms with Gasteiger partial charge in [0.1, 0.15) is 5.75 Å². The van der Waals surface area contributed by atoms with Gasteiger partial charge in [0.05, 0.1) is 18.8 Å². The Kier molecular flexibility index (Phi) is 8.39. The lowest BCUT2D eigenvalue weighted by molar-refractivity contribution is -0.139. The van der Waals surface area contributed by atoms with Crippen LogP contribution in [0, 0.1) is 6.92 Å². The average molecular weight is 541 g/mol. The van der Waals surface area contributed by atoms with E-state index in [4.69, 9.17) is 31.3 Å². The maximum atomic E-state index is 12.4. The van der Waals surface area contributed by atoms with Crippen molar-refractivity contribution < 1.29 is 29.3 Å². The summed E-state index contributed by atoms with van der Waals surface area (Å²) in [5.74, 6) is -0.916. The minimum atomic E-state index is -1.08. The number of amides is 1. The van der Waals surface area contributed by atoms with Gasteiger partial charge in [-0.25, -0.2) is 4.79 Å². The van der Waals surface area contributed by atoms with Crippen LogP contribution in [-0.2, 0) is 14.3 Å². The van der Waals surface area contributed by atoms with Gasteiger partial charge in [0, 0.05) is 39.9 Å². The van der Waals surface area contributed by atoms with Crippen molar-refractivity contribution in [2.45, 2.75) is 50.9 Å². The van der Waals surface area contributed by atoms with Crippen LogP contribution in [0.25, 0.3) is 0 Å². The van der Waals surface area contributed by atoms with Crippen LogP contribution in [0.1, 0.15) is 55.1 Å². The zero-order valence-electron chi connectivity index (χ0n) is 18.4. The number of ether oxygens (including phenoxy) is 2. The highest BCUT2D eigenvalue weighted by atomic mass is 79.9. The third kappa shape index (κ3) is 6.69. The molecule has 1 saturated heterocycles. The molecule has 7 nitrogen and oxygen atoms in total. The molecule has 9 heteroatoms. The molecular formula is C24H27BrClNO6. The summed E-state index contributed by atoms with van der Waals surface area (Å²) in [5.41, 5.74) is 1.79. The Hall–Kier alpha value is -2.13. The first-order chi connectivity index (χ1) is 15.6. The van der Waals surface area contributed by atoms with Crippen LogP contribution in [0.15, 0.2) is 40.9 Å². The Morgan fingerprint density at radius 3 is 2.67 bits per heavy atom. The molecule has 178 valence electrons. The van der Waals surface area contributed by atoms with Crippen molar-refractivity contribution in [2.24, 2.45) is 0 Å². The number of hydrogen-bond acceptors (Lipinski definition) is 5. The second-order valence-corrected chi connectivity index (χ2v) is 9.77. The Labute approximate surface area is 206 Å². The lowest BCUT2D eigenvalue weighted by atomic mass is 9.81. The zero-order chi connectivity index (χ0) is 24.2. The highest BCUT2D eigenvalue weighted by Crippen LogP contribution is 2.47. The summed E-state index contributed by atoms with van der Waals surface area (Å²) in [4.78, 5) is 23.5. The van der Waals surface area contributed by atoms with Gasteiger partial charge in [-0.15, -0.1) is 0 Å². The number of nitrogens with one attached hydrogen (secondary N) is 1. The first-order valence-corrected chi connectivity index (χ1v) is 11.7. The van der Waals surface area contributed by atoms with Gasteiger partial charge in [-0.1, -0.05) is 39.7 Å². The molecule has 3 rings (SSSR count). The quantitative estimate of drug-likeness (QED) is 0.447. The predicted octanol–water partition coefficient (Wildman–Crippen LogP) is 4.72. The molecule has 1 aliphatic heterocycles. The Bertz CT molecular complexity index is 1030. The van der Waals surface area contributed by atoms with Crippen molar-refractivity contribution >= 4 is 39.4 Å². The van der Waals surface area contributed by atoms with Crippen molar-refractivity contribution in [3.63, 3.8) is 0 Å². The van der Waals surface area contributed by atoms with Crippen LogP contribution in [0.2, 0.25) is 5.02 Å². The van der Waals surface area contributed by atoms with Crippen LogP contribution in [-0.4, -0.2) is 40.8 Å². The van der Waals surface area contributed by atoms with Crippen LogP contribution >= 0.6 is 27.5 Å². The van der Waals surface area contributed by atoms with Gasteiger partial charge >= 0.3 is 5.97 Å². The number of aliphatic hydroxyl groups is 1. The molecule has 0 saturated carbocycles. The Morgan fingerprint density at radius 2 is 2.00 bits per heavy atom. The van der Waals surface area contributed by atoms with Crippen molar-refractivity contribution in [1.29, 1.82) is 0 Å². The second kappa shape index (κ2) is 10.9. The first-order valence-electron chi connectivity index (χ1n) is 10.6. The van der Waals surface area contributed by atoms with E-state index in [-0.39, 0.29) is 25.0 Å². The predicted molar refractivity (Wildman–Crippen MR) is 128 cm³/mol. The summed E-state index contributed by atoms with van der Waals surface area (Å²) in [6, 6.07) is 11.0. The van der Waals surface area contributed by atoms with Gasteiger partial charge in [0.25, 0.3) is 0 Å².